The van der Waals surface area contributed by atoms with Crippen molar-refractivity contribution in [2.24, 2.45) is 0 Å². The molecule has 0 spiro atoms. The number of nitrogens with one attached hydrogen (secondary N) is 1. The van der Waals surface area contributed by atoms with Crippen molar-refractivity contribution in [2.75, 3.05) is 13.6 Å². The van der Waals surface area contributed by atoms with Crippen LogP contribution < -0.4 is 5.32 Å². The Morgan fingerprint density at radius 1 is 0.826 bits per heavy atom. The second kappa shape index (κ2) is 7.40. The second-order valence-corrected chi connectivity index (χ2v) is 5.96. The minimum absolute atomic E-state index is 0.309. The molecule has 3 rings (SSSR count). The maximum absolute atomic E-state index is 6.01. The first-order valence-corrected chi connectivity index (χ1v) is 8.06. The molecule has 1 atom stereocenters. The van der Waals surface area contributed by atoms with E-state index in [1.54, 1.807) is 0 Å². The van der Waals surface area contributed by atoms with Crippen molar-refractivity contribution >= 4 is 11.6 Å². The fraction of sp³-hybridized carbons (Fsp3) is 0.150. The van der Waals surface area contributed by atoms with Gasteiger partial charge >= 0.3 is 0 Å². The van der Waals surface area contributed by atoms with E-state index in [1.807, 2.05) is 43.7 Å². The highest BCUT2D eigenvalue weighted by atomic mass is 35.5. The van der Waals surface area contributed by atoms with Gasteiger partial charge in [0, 0.05) is 29.9 Å². The molecular weight excluding hydrogens is 304 g/mol. The fourth-order valence-corrected chi connectivity index (χ4v) is 2.91. The third-order valence-corrected chi connectivity index (χ3v) is 4.26. The molecule has 2 nitrogen and oxygen atoms in total. The number of nitrogens with zero attached hydrogens (tertiary/aromatic N) is 1. The summed E-state index contributed by atoms with van der Waals surface area (Å²) in [7, 11) is 1.98. The van der Waals surface area contributed by atoms with Crippen LogP contribution in [0.25, 0.3) is 11.1 Å². The highest BCUT2D eigenvalue weighted by Gasteiger charge is 2.13. The molecule has 0 amide bonds. The van der Waals surface area contributed by atoms with Gasteiger partial charge in [-0.3, -0.25) is 4.98 Å². The molecular formula is C20H19ClN2. The standard InChI is InChI=1S/C20H19ClN2/c1-22-14-20(18-6-8-19(21)9-7-18)17-4-2-15(3-5-17)16-10-12-23-13-11-16/h2-13,20,22H,14H2,1H3. The molecule has 0 fully saturated rings. The summed E-state index contributed by atoms with van der Waals surface area (Å²) >= 11 is 6.01. The van der Waals surface area contributed by atoms with Crippen molar-refractivity contribution in [3.05, 3.63) is 89.2 Å². The molecule has 1 aromatic heterocycles. The van der Waals surface area contributed by atoms with Gasteiger partial charge in [-0.2, -0.15) is 0 Å². The van der Waals surface area contributed by atoms with Crippen LogP contribution in [0.3, 0.4) is 0 Å². The molecule has 23 heavy (non-hydrogen) atoms. The summed E-state index contributed by atoms with van der Waals surface area (Å²) in [4.78, 5) is 4.07. The van der Waals surface area contributed by atoms with Crippen LogP contribution >= 0.6 is 11.6 Å². The van der Waals surface area contributed by atoms with E-state index >= 15 is 0 Å². The zero-order valence-electron chi connectivity index (χ0n) is 13.0. The van der Waals surface area contributed by atoms with Gasteiger partial charge in [-0.05, 0) is 53.6 Å². The average Bonchev–Trinajstić information content (AvgIpc) is 2.62. The van der Waals surface area contributed by atoms with E-state index in [1.165, 1.54) is 22.3 Å². The summed E-state index contributed by atoms with van der Waals surface area (Å²) in [6.45, 7) is 0.885. The normalized spacial score (nSPS) is 12.1. The van der Waals surface area contributed by atoms with E-state index in [0.717, 1.165) is 11.6 Å². The zero-order valence-corrected chi connectivity index (χ0v) is 13.8. The van der Waals surface area contributed by atoms with Gasteiger partial charge in [-0.15, -0.1) is 0 Å². The Morgan fingerprint density at radius 3 is 1.91 bits per heavy atom. The largest absolute Gasteiger partial charge is 0.319 e. The lowest BCUT2D eigenvalue weighted by atomic mass is 9.90. The monoisotopic (exact) mass is 322 g/mol. The number of benzene rings is 2. The average molecular weight is 323 g/mol. The maximum atomic E-state index is 6.01. The number of hydrogen-bond donors (Lipinski definition) is 1. The summed E-state index contributed by atoms with van der Waals surface area (Å²) in [6, 6.07) is 20.9. The lowest BCUT2D eigenvalue weighted by Crippen LogP contribution is -2.18. The topological polar surface area (TPSA) is 24.9 Å². The molecule has 1 heterocycles. The molecule has 0 aliphatic rings. The summed E-state index contributed by atoms with van der Waals surface area (Å²) in [6.07, 6.45) is 3.64. The quantitative estimate of drug-likeness (QED) is 0.733. The molecule has 0 radical (unpaired) electrons. The number of halogens is 1. The Balaban J connectivity index is 1.90. The Labute approximate surface area is 142 Å². The first-order valence-electron chi connectivity index (χ1n) is 7.68. The van der Waals surface area contributed by atoms with Gasteiger partial charge in [0.05, 0.1) is 0 Å². The van der Waals surface area contributed by atoms with E-state index in [2.05, 4.69) is 46.7 Å². The molecule has 0 saturated heterocycles. The van der Waals surface area contributed by atoms with Crippen molar-refractivity contribution < 1.29 is 0 Å². The Hall–Kier alpha value is -2.16. The van der Waals surface area contributed by atoms with Gasteiger partial charge in [0.15, 0.2) is 0 Å². The van der Waals surface area contributed by atoms with Crippen LogP contribution in [-0.2, 0) is 0 Å². The number of rotatable bonds is 5. The summed E-state index contributed by atoms with van der Waals surface area (Å²) < 4.78 is 0. The van der Waals surface area contributed by atoms with Crippen molar-refractivity contribution in [1.29, 1.82) is 0 Å². The van der Waals surface area contributed by atoms with Crippen molar-refractivity contribution in [3.63, 3.8) is 0 Å². The first kappa shape index (κ1) is 15.7. The smallest absolute Gasteiger partial charge is 0.0406 e. The van der Waals surface area contributed by atoms with Crippen LogP contribution in [0.5, 0.6) is 0 Å². The van der Waals surface area contributed by atoms with Gasteiger partial charge in [0.2, 0.25) is 0 Å². The molecule has 1 N–H and O–H groups in total. The van der Waals surface area contributed by atoms with Crippen LogP contribution in [-0.4, -0.2) is 18.6 Å². The number of hydrogen-bond acceptors (Lipinski definition) is 2. The van der Waals surface area contributed by atoms with E-state index in [0.29, 0.717) is 5.92 Å². The fourth-order valence-electron chi connectivity index (χ4n) is 2.78. The summed E-state index contributed by atoms with van der Waals surface area (Å²) in [5, 5.41) is 4.05. The molecule has 0 aliphatic carbocycles. The lowest BCUT2D eigenvalue weighted by molar-refractivity contribution is 0.708. The molecule has 116 valence electrons. The Kier molecular flexibility index (Phi) is 5.06. The Morgan fingerprint density at radius 2 is 1.35 bits per heavy atom. The molecule has 0 aliphatic heterocycles. The molecule has 0 saturated carbocycles. The molecule has 3 heteroatoms. The number of likely N-dealkylation sites (N-methyl/N-ethyl adjacent to an activating group) is 1. The molecule has 0 bridgehead atoms. The van der Waals surface area contributed by atoms with E-state index in [9.17, 15) is 0 Å². The minimum atomic E-state index is 0.309. The second-order valence-electron chi connectivity index (χ2n) is 5.52. The van der Waals surface area contributed by atoms with E-state index in [4.69, 9.17) is 11.6 Å². The van der Waals surface area contributed by atoms with Crippen LogP contribution in [0.15, 0.2) is 73.1 Å². The predicted octanol–water partition coefficient (Wildman–Crippen LogP) is 4.75. The third-order valence-electron chi connectivity index (χ3n) is 4.01. The SMILES string of the molecule is CNCC(c1ccc(Cl)cc1)c1ccc(-c2ccncc2)cc1. The van der Waals surface area contributed by atoms with Crippen LogP contribution in [0.1, 0.15) is 17.0 Å². The third kappa shape index (κ3) is 3.79. The highest BCUT2D eigenvalue weighted by molar-refractivity contribution is 6.30. The maximum Gasteiger partial charge on any atom is 0.0406 e. The van der Waals surface area contributed by atoms with Crippen LogP contribution in [0, 0.1) is 0 Å². The van der Waals surface area contributed by atoms with Crippen molar-refractivity contribution in [2.45, 2.75) is 5.92 Å². The van der Waals surface area contributed by atoms with Crippen molar-refractivity contribution in [1.82, 2.24) is 10.3 Å². The van der Waals surface area contributed by atoms with Crippen LogP contribution in [0.4, 0.5) is 0 Å². The first-order chi connectivity index (χ1) is 11.3. The lowest BCUT2D eigenvalue weighted by Gasteiger charge is -2.18. The summed E-state index contributed by atoms with van der Waals surface area (Å²) in [5.41, 5.74) is 4.94. The van der Waals surface area contributed by atoms with Gasteiger partial charge in [0.25, 0.3) is 0 Å². The van der Waals surface area contributed by atoms with Gasteiger partial charge in [0.1, 0.15) is 0 Å². The molecule has 3 aromatic rings. The summed E-state index contributed by atoms with van der Waals surface area (Å²) in [5.74, 6) is 0.309. The van der Waals surface area contributed by atoms with E-state index < -0.39 is 0 Å². The Bertz CT molecular complexity index is 737. The zero-order chi connectivity index (χ0) is 16.1. The number of pyridine rings is 1. The van der Waals surface area contributed by atoms with Gasteiger partial charge < -0.3 is 5.32 Å². The van der Waals surface area contributed by atoms with Gasteiger partial charge in [-0.25, -0.2) is 0 Å². The number of aromatic nitrogens is 1. The predicted molar refractivity (Wildman–Crippen MR) is 96.9 cm³/mol. The molecule has 2 aromatic carbocycles. The van der Waals surface area contributed by atoms with E-state index in [-0.39, 0.29) is 0 Å². The van der Waals surface area contributed by atoms with Crippen molar-refractivity contribution in [3.8, 4) is 11.1 Å². The molecule has 1 unspecified atom stereocenters. The van der Waals surface area contributed by atoms with Crippen LogP contribution in [0.2, 0.25) is 5.02 Å². The van der Waals surface area contributed by atoms with Gasteiger partial charge in [-0.1, -0.05) is 48.0 Å². The minimum Gasteiger partial charge on any atom is -0.319 e. The highest BCUT2D eigenvalue weighted by Crippen LogP contribution is 2.27.